The van der Waals surface area contributed by atoms with Gasteiger partial charge < -0.3 is 20.1 Å². The van der Waals surface area contributed by atoms with Gasteiger partial charge in [0.15, 0.2) is 0 Å². The highest BCUT2D eigenvalue weighted by molar-refractivity contribution is 5.69. The average Bonchev–Trinajstić information content (AvgIpc) is 2.62. The molecule has 146 valence electrons. The van der Waals surface area contributed by atoms with Gasteiger partial charge in [-0.1, -0.05) is 0 Å². The van der Waals surface area contributed by atoms with Crippen LogP contribution in [0, 0.1) is 0 Å². The number of piperazine rings is 1. The van der Waals surface area contributed by atoms with E-state index < -0.39 is 0 Å². The molecule has 25 heavy (non-hydrogen) atoms. The molecule has 8 heteroatoms. The van der Waals surface area contributed by atoms with Gasteiger partial charge in [0.2, 0.25) is 0 Å². The summed E-state index contributed by atoms with van der Waals surface area (Å²) in [6.07, 6.45) is 0.840. The quantitative estimate of drug-likeness (QED) is 0.350. The first-order valence-corrected chi connectivity index (χ1v) is 9.08. The van der Waals surface area contributed by atoms with Crippen molar-refractivity contribution in [1.29, 1.82) is 0 Å². The lowest BCUT2D eigenvalue weighted by atomic mass is 10.2. The van der Waals surface area contributed by atoms with E-state index in [2.05, 4.69) is 36.8 Å². The van der Waals surface area contributed by atoms with Gasteiger partial charge >= 0.3 is 11.9 Å². The first kappa shape index (κ1) is 21.8. The molecule has 1 aliphatic heterocycles. The summed E-state index contributed by atoms with van der Waals surface area (Å²) in [6.45, 7) is 10.5. The summed E-state index contributed by atoms with van der Waals surface area (Å²) in [7, 11) is 2.83. The van der Waals surface area contributed by atoms with Gasteiger partial charge in [-0.15, -0.1) is 0 Å². The number of nitrogens with one attached hydrogen (secondary N) is 2. The van der Waals surface area contributed by atoms with Crippen LogP contribution in [0.15, 0.2) is 0 Å². The summed E-state index contributed by atoms with van der Waals surface area (Å²) < 4.78 is 9.23. The average molecular weight is 358 g/mol. The maximum atomic E-state index is 11.0. The molecule has 0 aromatic carbocycles. The number of esters is 2. The minimum Gasteiger partial charge on any atom is -0.469 e. The summed E-state index contributed by atoms with van der Waals surface area (Å²) in [5, 5.41) is 6.57. The Labute approximate surface area is 151 Å². The van der Waals surface area contributed by atoms with E-state index in [1.807, 2.05) is 0 Å². The van der Waals surface area contributed by atoms with Crippen molar-refractivity contribution >= 4 is 11.9 Å². The fourth-order valence-electron chi connectivity index (χ4n) is 2.90. The number of nitrogens with zero attached hydrogens (tertiary/aromatic N) is 2. The van der Waals surface area contributed by atoms with Gasteiger partial charge in [-0.2, -0.15) is 0 Å². The summed E-state index contributed by atoms with van der Waals surface area (Å²) in [4.78, 5) is 27.0. The molecule has 0 aromatic heterocycles. The Morgan fingerprint density at radius 3 is 2.00 bits per heavy atom. The second-order valence-corrected chi connectivity index (χ2v) is 6.34. The predicted molar refractivity (Wildman–Crippen MR) is 96.5 cm³/mol. The number of hydrogen-bond acceptors (Lipinski definition) is 8. The van der Waals surface area contributed by atoms with Crippen molar-refractivity contribution in [2.45, 2.75) is 25.8 Å². The van der Waals surface area contributed by atoms with Crippen LogP contribution < -0.4 is 10.6 Å². The van der Waals surface area contributed by atoms with Crippen LogP contribution in [0.25, 0.3) is 0 Å². The van der Waals surface area contributed by atoms with Crippen LogP contribution in [0.4, 0.5) is 0 Å². The summed E-state index contributed by atoms with van der Waals surface area (Å²) in [6, 6.07) is 0.520. The highest BCUT2D eigenvalue weighted by Gasteiger charge is 2.22. The highest BCUT2D eigenvalue weighted by Crippen LogP contribution is 2.08. The van der Waals surface area contributed by atoms with Crippen molar-refractivity contribution in [1.82, 2.24) is 20.4 Å². The number of methoxy groups -OCH3 is 2. The van der Waals surface area contributed by atoms with Crippen LogP contribution in [-0.4, -0.2) is 101 Å². The van der Waals surface area contributed by atoms with Crippen LogP contribution >= 0.6 is 0 Å². The Hall–Kier alpha value is -1.22. The number of ether oxygens (including phenoxy) is 2. The number of carbonyl (C=O) groups is 2. The van der Waals surface area contributed by atoms with E-state index in [1.54, 1.807) is 0 Å². The molecule has 0 bridgehead atoms. The first-order chi connectivity index (χ1) is 12.1. The van der Waals surface area contributed by atoms with Gasteiger partial charge in [-0.25, -0.2) is 0 Å². The van der Waals surface area contributed by atoms with Gasteiger partial charge in [0.05, 0.1) is 27.1 Å². The lowest BCUT2D eigenvalue weighted by Crippen LogP contribution is -2.54. The first-order valence-electron chi connectivity index (χ1n) is 9.08. The summed E-state index contributed by atoms with van der Waals surface area (Å²) in [5.41, 5.74) is 0. The molecule has 1 rings (SSSR count). The van der Waals surface area contributed by atoms with Crippen LogP contribution in [-0.2, 0) is 19.1 Å². The van der Waals surface area contributed by atoms with Gasteiger partial charge in [-0.3, -0.25) is 19.4 Å². The normalized spacial score (nSPS) is 18.9. The smallest absolute Gasteiger partial charge is 0.306 e. The number of rotatable bonds is 12. The third-order valence-corrected chi connectivity index (χ3v) is 4.50. The van der Waals surface area contributed by atoms with E-state index in [9.17, 15) is 9.59 Å². The number of carbonyl (C=O) groups excluding carboxylic acids is 2. The second kappa shape index (κ2) is 13.0. The Kier molecular flexibility index (Phi) is 11.4. The van der Waals surface area contributed by atoms with Crippen LogP contribution in [0.5, 0.6) is 0 Å². The Morgan fingerprint density at radius 1 is 0.920 bits per heavy atom. The SMILES string of the molecule is COC(=O)CCNCCN1CCN(CCNCCC(=O)OC)[C@H](C)C1. The molecule has 1 saturated heterocycles. The highest BCUT2D eigenvalue weighted by atomic mass is 16.5. The van der Waals surface area contributed by atoms with Gasteiger partial charge in [0.25, 0.3) is 0 Å². The molecule has 0 radical (unpaired) electrons. The molecule has 0 spiro atoms. The molecule has 1 aliphatic rings. The van der Waals surface area contributed by atoms with E-state index in [0.717, 1.165) is 45.8 Å². The van der Waals surface area contributed by atoms with Crippen molar-refractivity contribution in [2.24, 2.45) is 0 Å². The van der Waals surface area contributed by atoms with Crippen LogP contribution in [0.1, 0.15) is 19.8 Å². The second-order valence-electron chi connectivity index (χ2n) is 6.34. The number of hydrogen-bond donors (Lipinski definition) is 2. The largest absolute Gasteiger partial charge is 0.469 e. The molecule has 2 N–H and O–H groups in total. The van der Waals surface area contributed by atoms with Crippen molar-refractivity contribution in [2.75, 3.05) is 73.1 Å². The third kappa shape index (κ3) is 9.74. The minimum atomic E-state index is -0.172. The monoisotopic (exact) mass is 358 g/mol. The van der Waals surface area contributed by atoms with E-state index in [0.29, 0.717) is 32.0 Å². The summed E-state index contributed by atoms with van der Waals surface area (Å²) >= 11 is 0. The Morgan fingerprint density at radius 2 is 1.48 bits per heavy atom. The molecule has 1 atom stereocenters. The molecule has 1 fully saturated rings. The van der Waals surface area contributed by atoms with Crippen molar-refractivity contribution in [3.05, 3.63) is 0 Å². The van der Waals surface area contributed by atoms with Crippen LogP contribution in [0.2, 0.25) is 0 Å². The van der Waals surface area contributed by atoms with E-state index >= 15 is 0 Å². The molecule has 0 saturated carbocycles. The molecule has 0 aliphatic carbocycles. The third-order valence-electron chi connectivity index (χ3n) is 4.50. The standard InChI is InChI=1S/C17H34N4O4/c1-15-14-20(10-8-18-6-4-16(22)24-2)12-13-21(15)11-9-19-7-5-17(23)25-3/h15,18-19H,4-14H2,1-3H3/t15-/m1/s1. The fraction of sp³-hybridized carbons (Fsp3) is 0.882. The Bertz CT molecular complexity index is 395. The molecule has 0 unspecified atom stereocenters. The lowest BCUT2D eigenvalue weighted by Gasteiger charge is -2.40. The van der Waals surface area contributed by atoms with E-state index in [4.69, 9.17) is 0 Å². The lowest BCUT2D eigenvalue weighted by molar-refractivity contribution is -0.141. The van der Waals surface area contributed by atoms with E-state index in [1.165, 1.54) is 14.2 Å². The van der Waals surface area contributed by atoms with Crippen molar-refractivity contribution in [3.63, 3.8) is 0 Å². The zero-order valence-corrected chi connectivity index (χ0v) is 15.9. The molecule has 0 aromatic rings. The predicted octanol–water partition coefficient (Wildman–Crippen LogP) is -0.702. The topological polar surface area (TPSA) is 83.1 Å². The van der Waals surface area contributed by atoms with Gasteiger partial charge in [0, 0.05) is 64.9 Å². The fourth-order valence-corrected chi connectivity index (χ4v) is 2.90. The van der Waals surface area contributed by atoms with E-state index in [-0.39, 0.29) is 11.9 Å². The maximum Gasteiger partial charge on any atom is 0.306 e. The molecular formula is C17H34N4O4. The van der Waals surface area contributed by atoms with Crippen molar-refractivity contribution < 1.29 is 19.1 Å². The molecular weight excluding hydrogens is 324 g/mol. The molecule has 1 heterocycles. The molecule has 0 amide bonds. The minimum absolute atomic E-state index is 0.171. The maximum absolute atomic E-state index is 11.0. The zero-order valence-electron chi connectivity index (χ0n) is 15.9. The Balaban J connectivity index is 2.05. The summed E-state index contributed by atoms with van der Waals surface area (Å²) in [5.74, 6) is -0.343. The van der Waals surface area contributed by atoms with Crippen LogP contribution in [0.3, 0.4) is 0 Å². The zero-order chi connectivity index (χ0) is 18.5. The molecule has 8 nitrogen and oxygen atoms in total. The van der Waals surface area contributed by atoms with Gasteiger partial charge in [0.1, 0.15) is 0 Å². The van der Waals surface area contributed by atoms with Gasteiger partial charge in [-0.05, 0) is 6.92 Å². The van der Waals surface area contributed by atoms with Crippen molar-refractivity contribution in [3.8, 4) is 0 Å².